The molecule has 3 N–H and O–H groups in total. The zero-order valence-electron chi connectivity index (χ0n) is 11.7. The first-order valence-corrected chi connectivity index (χ1v) is 8.00. The van der Waals surface area contributed by atoms with Crippen LogP contribution in [0.1, 0.15) is 32.8 Å². The van der Waals surface area contributed by atoms with Gasteiger partial charge in [-0.25, -0.2) is 13.1 Å². The molecule has 0 atom stereocenters. The van der Waals surface area contributed by atoms with E-state index in [9.17, 15) is 8.42 Å². The Morgan fingerprint density at radius 3 is 2.42 bits per heavy atom. The number of sulfonamides is 1. The number of rotatable bonds is 5. The first kappa shape index (κ1) is 16.3. The van der Waals surface area contributed by atoms with Crippen LogP contribution in [0, 0.1) is 12.3 Å². The van der Waals surface area contributed by atoms with Gasteiger partial charge in [0, 0.05) is 17.3 Å². The van der Waals surface area contributed by atoms with Crippen molar-refractivity contribution in [3.05, 3.63) is 22.7 Å². The largest absolute Gasteiger partial charge is 0.398 e. The Morgan fingerprint density at radius 2 is 1.95 bits per heavy atom. The molecule has 0 heterocycles. The maximum absolute atomic E-state index is 12.2. The van der Waals surface area contributed by atoms with Gasteiger partial charge in [0.1, 0.15) is 0 Å². The highest BCUT2D eigenvalue weighted by molar-refractivity contribution is 7.89. The molecule has 0 unspecified atom stereocenters. The van der Waals surface area contributed by atoms with Crippen LogP contribution < -0.4 is 10.5 Å². The molecule has 0 radical (unpaired) electrons. The predicted octanol–water partition coefficient (Wildman–Crippen LogP) is 2.95. The van der Waals surface area contributed by atoms with Crippen molar-refractivity contribution in [2.75, 3.05) is 12.3 Å². The van der Waals surface area contributed by atoms with Gasteiger partial charge < -0.3 is 5.73 Å². The van der Waals surface area contributed by atoms with E-state index >= 15 is 0 Å². The molecule has 0 amide bonds. The Balaban J connectivity index is 3.02. The molecule has 0 aromatic heterocycles. The zero-order chi connectivity index (χ0) is 14.8. The normalized spacial score (nSPS) is 12.7. The van der Waals surface area contributed by atoms with E-state index in [-0.39, 0.29) is 10.3 Å². The Morgan fingerprint density at radius 1 is 1.37 bits per heavy atom. The molecule has 0 saturated carbocycles. The van der Waals surface area contributed by atoms with Crippen molar-refractivity contribution in [3.8, 4) is 0 Å². The highest BCUT2D eigenvalue weighted by Crippen LogP contribution is 2.26. The second kappa shape index (κ2) is 5.69. The molecule has 0 bridgehead atoms. The Hall–Kier alpha value is -0.780. The highest BCUT2D eigenvalue weighted by atomic mass is 35.5. The fourth-order valence-corrected chi connectivity index (χ4v) is 2.92. The fourth-order valence-electron chi connectivity index (χ4n) is 1.33. The average molecular weight is 305 g/mol. The lowest BCUT2D eigenvalue weighted by Gasteiger charge is -2.23. The van der Waals surface area contributed by atoms with Gasteiger partial charge in [0.2, 0.25) is 10.0 Å². The van der Waals surface area contributed by atoms with Gasteiger partial charge in [0.25, 0.3) is 0 Å². The van der Waals surface area contributed by atoms with Crippen LogP contribution in [0.15, 0.2) is 17.0 Å². The van der Waals surface area contributed by atoms with E-state index in [4.69, 9.17) is 17.3 Å². The zero-order valence-corrected chi connectivity index (χ0v) is 13.3. The molecule has 0 fully saturated rings. The van der Waals surface area contributed by atoms with Crippen LogP contribution >= 0.6 is 11.6 Å². The summed E-state index contributed by atoms with van der Waals surface area (Å²) < 4.78 is 27.0. The minimum atomic E-state index is -3.58. The molecule has 19 heavy (non-hydrogen) atoms. The maximum Gasteiger partial charge on any atom is 0.240 e. The molecule has 1 aromatic rings. The summed E-state index contributed by atoms with van der Waals surface area (Å²) >= 11 is 5.97. The smallest absolute Gasteiger partial charge is 0.240 e. The maximum atomic E-state index is 12.2. The van der Waals surface area contributed by atoms with Crippen molar-refractivity contribution >= 4 is 27.3 Å². The predicted molar refractivity (Wildman–Crippen MR) is 79.9 cm³/mol. The van der Waals surface area contributed by atoms with Gasteiger partial charge in [-0.2, -0.15) is 0 Å². The number of nitrogen functional groups attached to an aromatic ring is 1. The van der Waals surface area contributed by atoms with Gasteiger partial charge >= 0.3 is 0 Å². The standard InChI is InChI=1S/C13H21ClN2O2S/c1-5-13(3,4)8-16-19(17,18)10-6-11(14)9(2)12(15)7-10/h6-7,16H,5,8,15H2,1-4H3. The van der Waals surface area contributed by atoms with E-state index in [1.54, 1.807) is 6.92 Å². The van der Waals surface area contributed by atoms with E-state index in [0.29, 0.717) is 22.8 Å². The fraction of sp³-hybridized carbons (Fsp3) is 0.538. The van der Waals surface area contributed by atoms with Crippen LogP contribution in [0.4, 0.5) is 5.69 Å². The molecular weight excluding hydrogens is 284 g/mol. The average Bonchev–Trinajstić information content (AvgIpc) is 2.33. The first-order valence-electron chi connectivity index (χ1n) is 6.14. The van der Waals surface area contributed by atoms with Gasteiger partial charge in [-0.05, 0) is 36.5 Å². The van der Waals surface area contributed by atoms with E-state index in [2.05, 4.69) is 4.72 Å². The molecular formula is C13H21ClN2O2S. The van der Waals surface area contributed by atoms with Crippen LogP contribution in [0.5, 0.6) is 0 Å². The van der Waals surface area contributed by atoms with E-state index in [0.717, 1.165) is 6.42 Å². The summed E-state index contributed by atoms with van der Waals surface area (Å²) in [6.07, 6.45) is 0.881. The van der Waals surface area contributed by atoms with Crippen LogP contribution in [0.2, 0.25) is 5.02 Å². The summed E-state index contributed by atoms with van der Waals surface area (Å²) in [6, 6.07) is 2.86. The van der Waals surface area contributed by atoms with Crippen molar-refractivity contribution < 1.29 is 8.42 Å². The van der Waals surface area contributed by atoms with Crippen molar-refractivity contribution in [2.45, 2.75) is 39.0 Å². The summed E-state index contributed by atoms with van der Waals surface area (Å²) in [4.78, 5) is 0.104. The van der Waals surface area contributed by atoms with Gasteiger partial charge in [-0.1, -0.05) is 32.4 Å². The Kier molecular flexibility index (Phi) is 4.87. The molecule has 0 aliphatic carbocycles. The summed E-state index contributed by atoms with van der Waals surface area (Å²) in [7, 11) is -3.58. The lowest BCUT2D eigenvalue weighted by Crippen LogP contribution is -2.33. The third-order valence-corrected chi connectivity index (χ3v) is 5.14. The molecule has 0 saturated heterocycles. The third-order valence-electron chi connectivity index (χ3n) is 3.37. The van der Waals surface area contributed by atoms with Gasteiger partial charge in [0.05, 0.1) is 4.90 Å². The minimum absolute atomic E-state index is 0.0902. The second-order valence-corrected chi connectivity index (χ2v) is 7.64. The molecule has 0 aliphatic rings. The minimum Gasteiger partial charge on any atom is -0.398 e. The molecule has 4 nitrogen and oxygen atoms in total. The lowest BCUT2D eigenvalue weighted by molar-refractivity contribution is 0.350. The number of nitrogens with two attached hydrogens (primary N) is 1. The van der Waals surface area contributed by atoms with Gasteiger partial charge in [-0.3, -0.25) is 0 Å². The van der Waals surface area contributed by atoms with E-state index in [1.807, 2.05) is 20.8 Å². The number of hydrogen-bond donors (Lipinski definition) is 2. The number of halogens is 1. The summed E-state index contributed by atoms with van der Waals surface area (Å²) in [5, 5.41) is 0.357. The first-order chi connectivity index (χ1) is 8.59. The SMILES string of the molecule is CCC(C)(C)CNS(=O)(=O)c1cc(N)c(C)c(Cl)c1. The van der Waals surface area contributed by atoms with Gasteiger partial charge in [0.15, 0.2) is 0 Å². The van der Waals surface area contributed by atoms with E-state index < -0.39 is 10.0 Å². The quantitative estimate of drug-likeness (QED) is 0.822. The molecule has 6 heteroatoms. The number of benzene rings is 1. The molecule has 108 valence electrons. The number of hydrogen-bond acceptors (Lipinski definition) is 3. The third kappa shape index (κ3) is 4.09. The van der Waals surface area contributed by atoms with Crippen LogP contribution in [-0.2, 0) is 10.0 Å². The number of nitrogens with one attached hydrogen (secondary N) is 1. The lowest BCUT2D eigenvalue weighted by atomic mass is 9.91. The molecule has 1 aromatic carbocycles. The van der Waals surface area contributed by atoms with Crippen molar-refractivity contribution in [1.29, 1.82) is 0 Å². The molecule has 0 aliphatic heterocycles. The van der Waals surface area contributed by atoms with E-state index in [1.165, 1.54) is 12.1 Å². The topological polar surface area (TPSA) is 72.2 Å². The van der Waals surface area contributed by atoms with Crippen molar-refractivity contribution in [2.24, 2.45) is 5.41 Å². The summed E-state index contributed by atoms with van der Waals surface area (Å²) in [6.45, 7) is 8.16. The van der Waals surface area contributed by atoms with Crippen molar-refractivity contribution in [3.63, 3.8) is 0 Å². The monoisotopic (exact) mass is 304 g/mol. The Labute approximate surface area is 120 Å². The number of anilines is 1. The Bertz CT molecular complexity index is 545. The van der Waals surface area contributed by atoms with Crippen molar-refractivity contribution in [1.82, 2.24) is 4.72 Å². The van der Waals surface area contributed by atoms with Crippen LogP contribution in [0.3, 0.4) is 0 Å². The molecule has 1 rings (SSSR count). The van der Waals surface area contributed by atoms with Gasteiger partial charge in [-0.15, -0.1) is 0 Å². The van der Waals surface area contributed by atoms with Crippen LogP contribution in [-0.4, -0.2) is 15.0 Å². The summed E-state index contributed by atoms with van der Waals surface area (Å²) in [5.74, 6) is 0. The highest BCUT2D eigenvalue weighted by Gasteiger charge is 2.21. The second-order valence-electron chi connectivity index (χ2n) is 5.46. The summed E-state index contributed by atoms with van der Waals surface area (Å²) in [5.41, 5.74) is 6.73. The molecule has 0 spiro atoms. The van der Waals surface area contributed by atoms with Crippen LogP contribution in [0.25, 0.3) is 0 Å².